The largest absolute Gasteiger partial charge is 0.357 e. The summed E-state index contributed by atoms with van der Waals surface area (Å²) in [4.78, 5) is 9.46. The van der Waals surface area contributed by atoms with Crippen molar-refractivity contribution in [3.05, 3.63) is 35.4 Å². The second kappa shape index (κ2) is 9.96. The van der Waals surface area contributed by atoms with Gasteiger partial charge in [-0.15, -0.1) is 24.0 Å². The van der Waals surface area contributed by atoms with Gasteiger partial charge in [0.05, 0.1) is 17.0 Å². The van der Waals surface area contributed by atoms with Gasteiger partial charge in [0.25, 0.3) is 0 Å². The van der Waals surface area contributed by atoms with Gasteiger partial charge < -0.3 is 10.2 Å². The summed E-state index contributed by atoms with van der Waals surface area (Å²) in [5.74, 6) is 1.01. The van der Waals surface area contributed by atoms with Crippen molar-refractivity contribution in [3.8, 4) is 0 Å². The molecular weight excluding hydrogens is 499 g/mol. The number of rotatable bonds is 4. The van der Waals surface area contributed by atoms with Crippen LogP contribution in [-0.4, -0.2) is 73.4 Å². The third-order valence-corrected chi connectivity index (χ3v) is 8.50. The van der Waals surface area contributed by atoms with E-state index in [1.807, 2.05) is 20.8 Å². The summed E-state index contributed by atoms with van der Waals surface area (Å²) in [5, 5.41) is 3.35. The molecule has 29 heavy (non-hydrogen) atoms. The summed E-state index contributed by atoms with van der Waals surface area (Å²) in [5.41, 5.74) is 2.87. The zero-order valence-electron chi connectivity index (χ0n) is 18.0. The maximum absolute atomic E-state index is 12.3. The van der Waals surface area contributed by atoms with Gasteiger partial charge in [-0.3, -0.25) is 9.89 Å². The maximum Gasteiger partial charge on any atom is 0.194 e. The number of fused-ring (bicyclic) bond motifs is 1. The fourth-order valence-corrected chi connectivity index (χ4v) is 5.34. The van der Waals surface area contributed by atoms with Crippen LogP contribution in [0.25, 0.3) is 0 Å². The van der Waals surface area contributed by atoms with Gasteiger partial charge in [0.15, 0.2) is 15.8 Å². The van der Waals surface area contributed by atoms with Gasteiger partial charge in [0, 0.05) is 38.8 Å². The molecule has 2 aliphatic rings. The van der Waals surface area contributed by atoms with Gasteiger partial charge in [0.1, 0.15) is 0 Å². The molecule has 0 aromatic heterocycles. The molecule has 2 heterocycles. The number of nitrogens with one attached hydrogen (secondary N) is 1. The van der Waals surface area contributed by atoms with Crippen molar-refractivity contribution >= 4 is 39.8 Å². The lowest BCUT2D eigenvalue weighted by molar-refractivity contribution is 0.195. The molecule has 0 spiro atoms. The molecule has 1 aromatic carbocycles. The molecular formula is C21H35IN4O2S. The lowest BCUT2D eigenvalue weighted by atomic mass is 9.99. The molecule has 0 amide bonds. The first-order chi connectivity index (χ1) is 13.2. The van der Waals surface area contributed by atoms with E-state index in [-0.39, 0.29) is 29.7 Å². The van der Waals surface area contributed by atoms with Crippen molar-refractivity contribution < 1.29 is 8.42 Å². The monoisotopic (exact) mass is 534 g/mol. The van der Waals surface area contributed by atoms with Crippen LogP contribution in [0.15, 0.2) is 29.3 Å². The molecule has 1 N–H and O–H groups in total. The molecule has 2 aliphatic heterocycles. The van der Waals surface area contributed by atoms with E-state index >= 15 is 0 Å². The molecule has 1 unspecified atom stereocenters. The van der Waals surface area contributed by atoms with Gasteiger partial charge in [-0.2, -0.15) is 0 Å². The number of sulfone groups is 1. The molecule has 0 saturated carbocycles. The minimum atomic E-state index is -3.05. The Hall–Kier alpha value is -0.870. The van der Waals surface area contributed by atoms with E-state index in [4.69, 9.17) is 4.99 Å². The van der Waals surface area contributed by atoms with Crippen LogP contribution in [-0.2, 0) is 22.8 Å². The molecule has 0 bridgehead atoms. The average molecular weight is 535 g/mol. The fraction of sp³-hybridized carbons (Fsp3) is 0.667. The van der Waals surface area contributed by atoms with Crippen LogP contribution in [0.3, 0.4) is 0 Å². The van der Waals surface area contributed by atoms with Crippen LogP contribution in [0, 0.1) is 0 Å². The second-order valence-corrected chi connectivity index (χ2v) is 11.3. The first-order valence-electron chi connectivity index (χ1n) is 10.3. The van der Waals surface area contributed by atoms with Crippen molar-refractivity contribution in [1.82, 2.24) is 15.1 Å². The summed E-state index contributed by atoms with van der Waals surface area (Å²) in [6, 6.07) is 9.01. The van der Waals surface area contributed by atoms with E-state index in [1.165, 1.54) is 11.1 Å². The summed E-state index contributed by atoms with van der Waals surface area (Å²) in [6.45, 7) is 12.4. The van der Waals surface area contributed by atoms with Gasteiger partial charge in [-0.05, 0) is 45.2 Å². The quantitative estimate of drug-likeness (QED) is 0.366. The first kappa shape index (κ1) is 24.4. The molecule has 164 valence electrons. The zero-order valence-corrected chi connectivity index (χ0v) is 21.2. The van der Waals surface area contributed by atoms with Crippen LogP contribution in [0.2, 0.25) is 0 Å². The summed E-state index contributed by atoms with van der Waals surface area (Å²) in [7, 11) is -3.05. The lowest BCUT2D eigenvalue weighted by Gasteiger charge is -2.39. The predicted octanol–water partition coefficient (Wildman–Crippen LogP) is 2.53. The maximum atomic E-state index is 12.3. The van der Waals surface area contributed by atoms with E-state index in [9.17, 15) is 8.42 Å². The molecule has 3 rings (SSSR count). The fourth-order valence-electron chi connectivity index (χ4n) is 3.98. The highest BCUT2D eigenvalue weighted by molar-refractivity contribution is 14.0. The van der Waals surface area contributed by atoms with E-state index in [2.05, 4.69) is 46.3 Å². The molecule has 6 nitrogen and oxygen atoms in total. The summed E-state index contributed by atoms with van der Waals surface area (Å²) < 4.78 is 23.9. The van der Waals surface area contributed by atoms with E-state index in [0.717, 1.165) is 32.0 Å². The van der Waals surface area contributed by atoms with Crippen molar-refractivity contribution in [3.63, 3.8) is 0 Å². The van der Waals surface area contributed by atoms with Gasteiger partial charge in [-0.1, -0.05) is 24.3 Å². The third kappa shape index (κ3) is 5.64. The van der Waals surface area contributed by atoms with Crippen LogP contribution < -0.4 is 5.32 Å². The van der Waals surface area contributed by atoms with Crippen molar-refractivity contribution in [1.29, 1.82) is 0 Å². The standard InChI is InChI=1S/C21H34N4O2S.HI/c1-5-22-20(25-12-13-28(26,27)21(3,4)16-25)23-14-17(2)24-11-10-18-8-6-7-9-19(18)15-24;/h6-9,17H,5,10-16H2,1-4H3,(H,22,23);1H. The molecule has 1 atom stereocenters. The Labute approximate surface area is 193 Å². The Balaban J connectivity index is 0.00000300. The predicted molar refractivity (Wildman–Crippen MR) is 131 cm³/mol. The molecule has 8 heteroatoms. The molecule has 1 aromatic rings. The van der Waals surface area contributed by atoms with Crippen molar-refractivity contribution in [2.24, 2.45) is 4.99 Å². The molecule has 1 fully saturated rings. The van der Waals surface area contributed by atoms with E-state index in [1.54, 1.807) is 0 Å². The minimum absolute atomic E-state index is 0. The number of aliphatic imine (C=N–C) groups is 1. The first-order valence-corrected chi connectivity index (χ1v) is 11.9. The Bertz CT molecular complexity index is 826. The second-order valence-electron chi connectivity index (χ2n) is 8.53. The lowest BCUT2D eigenvalue weighted by Crippen LogP contribution is -2.57. The van der Waals surface area contributed by atoms with Crippen molar-refractivity contribution in [2.75, 3.05) is 38.5 Å². The van der Waals surface area contributed by atoms with Crippen LogP contribution in [0.1, 0.15) is 38.8 Å². The van der Waals surface area contributed by atoms with Gasteiger partial charge in [-0.25, -0.2) is 8.42 Å². The van der Waals surface area contributed by atoms with E-state index in [0.29, 0.717) is 25.7 Å². The number of hydrogen-bond acceptors (Lipinski definition) is 4. The Morgan fingerprint density at radius 1 is 1.24 bits per heavy atom. The summed E-state index contributed by atoms with van der Waals surface area (Å²) in [6.07, 6.45) is 1.09. The Morgan fingerprint density at radius 3 is 2.59 bits per heavy atom. The van der Waals surface area contributed by atoms with Gasteiger partial charge >= 0.3 is 0 Å². The highest BCUT2D eigenvalue weighted by atomic mass is 127. The topological polar surface area (TPSA) is 65.0 Å². The number of halogens is 1. The number of nitrogens with zero attached hydrogens (tertiary/aromatic N) is 3. The van der Waals surface area contributed by atoms with Gasteiger partial charge in [0.2, 0.25) is 0 Å². The molecule has 0 aliphatic carbocycles. The Morgan fingerprint density at radius 2 is 1.93 bits per heavy atom. The number of hydrogen-bond donors (Lipinski definition) is 1. The SMILES string of the molecule is CCNC(=NCC(C)N1CCc2ccccc2C1)N1CCS(=O)(=O)C(C)(C)C1.I. The van der Waals surface area contributed by atoms with Crippen LogP contribution in [0.5, 0.6) is 0 Å². The third-order valence-electron chi connectivity index (χ3n) is 5.97. The molecule has 0 radical (unpaired) electrons. The highest BCUT2D eigenvalue weighted by Gasteiger charge is 2.41. The van der Waals surface area contributed by atoms with Crippen molar-refractivity contribution in [2.45, 2.75) is 51.4 Å². The van der Waals surface area contributed by atoms with Crippen LogP contribution in [0.4, 0.5) is 0 Å². The molecule has 1 saturated heterocycles. The van der Waals surface area contributed by atoms with E-state index < -0.39 is 14.6 Å². The minimum Gasteiger partial charge on any atom is -0.357 e. The zero-order chi connectivity index (χ0) is 20.4. The number of guanidine groups is 1. The Kier molecular flexibility index (Phi) is 8.38. The summed E-state index contributed by atoms with van der Waals surface area (Å²) >= 11 is 0. The number of benzene rings is 1. The van der Waals surface area contributed by atoms with Crippen LogP contribution >= 0.6 is 24.0 Å². The average Bonchev–Trinajstić information content (AvgIpc) is 2.66. The highest BCUT2D eigenvalue weighted by Crippen LogP contribution is 2.24. The normalized spacial score (nSPS) is 22.3. The smallest absolute Gasteiger partial charge is 0.194 e.